The summed E-state index contributed by atoms with van der Waals surface area (Å²) in [5.41, 5.74) is 3.45. The molecule has 33 heavy (non-hydrogen) atoms. The molecule has 10 heteroatoms. The van der Waals surface area contributed by atoms with Crippen LogP contribution < -0.4 is 5.43 Å². The molecule has 1 heterocycles. The maximum Gasteiger partial charge on any atom is 0.427 e. The van der Waals surface area contributed by atoms with Crippen LogP contribution in [0.4, 0.5) is 4.79 Å². The number of piperidine rings is 1. The van der Waals surface area contributed by atoms with Crippen molar-refractivity contribution in [3.63, 3.8) is 0 Å². The number of likely N-dealkylation sites (tertiary alicyclic amines) is 1. The highest BCUT2D eigenvalue weighted by Crippen LogP contribution is 2.16. The molecule has 180 valence electrons. The predicted molar refractivity (Wildman–Crippen MR) is 120 cm³/mol. The molecule has 0 bridgehead atoms. The molecule has 1 saturated heterocycles. The lowest BCUT2D eigenvalue weighted by atomic mass is 10.0. The van der Waals surface area contributed by atoms with Gasteiger partial charge >= 0.3 is 12.1 Å². The summed E-state index contributed by atoms with van der Waals surface area (Å²) in [4.78, 5) is 48.5. The lowest BCUT2D eigenvalue weighted by Gasteiger charge is -2.31. The lowest BCUT2D eigenvalue weighted by molar-refractivity contribution is -0.146. The Hall–Kier alpha value is -3.27. The van der Waals surface area contributed by atoms with Gasteiger partial charge < -0.3 is 19.5 Å². The molecule has 0 radical (unpaired) electrons. The number of benzene rings is 1. The van der Waals surface area contributed by atoms with Crippen LogP contribution in [0.15, 0.2) is 29.4 Å². The van der Waals surface area contributed by atoms with Gasteiger partial charge in [-0.2, -0.15) is 5.10 Å². The van der Waals surface area contributed by atoms with E-state index >= 15 is 0 Å². The second kappa shape index (κ2) is 13.3. The fraction of sp³-hybridized carbons (Fsp3) is 0.522. The van der Waals surface area contributed by atoms with Crippen molar-refractivity contribution in [3.8, 4) is 0 Å². The Morgan fingerprint density at radius 2 is 1.82 bits per heavy atom. The van der Waals surface area contributed by atoms with Crippen LogP contribution in [0, 0.1) is 5.92 Å². The Labute approximate surface area is 192 Å². The van der Waals surface area contributed by atoms with Crippen LogP contribution in [0.1, 0.15) is 55.5 Å². The fourth-order valence-electron chi connectivity index (χ4n) is 3.17. The molecule has 2 N–H and O–H groups in total. The van der Waals surface area contributed by atoms with Gasteiger partial charge in [0.25, 0.3) is 0 Å². The molecule has 1 aromatic carbocycles. The van der Waals surface area contributed by atoms with Gasteiger partial charge in [-0.3, -0.25) is 9.59 Å². The SMILES string of the molecule is CC(C)COC(=O)NN=Cc1ccc(C(=O)CCC(=O)N2CCC(OCC(=O)O)CC2)cc1. The van der Waals surface area contributed by atoms with Crippen molar-refractivity contribution in [2.45, 2.75) is 45.6 Å². The first kappa shape index (κ1) is 26.0. The molecule has 10 nitrogen and oxygen atoms in total. The zero-order valence-electron chi connectivity index (χ0n) is 19.0. The molecule has 2 rings (SSSR count). The third-order valence-electron chi connectivity index (χ3n) is 4.95. The average molecular weight is 462 g/mol. The van der Waals surface area contributed by atoms with Crippen molar-refractivity contribution in [1.82, 2.24) is 10.3 Å². The minimum absolute atomic E-state index is 0.0979. The maximum atomic E-state index is 12.4. The van der Waals surface area contributed by atoms with Crippen LogP contribution in [-0.2, 0) is 19.1 Å². The first-order chi connectivity index (χ1) is 15.7. The van der Waals surface area contributed by atoms with E-state index in [0.29, 0.717) is 43.7 Å². The second-order valence-electron chi connectivity index (χ2n) is 8.19. The van der Waals surface area contributed by atoms with E-state index in [2.05, 4.69) is 10.5 Å². The number of hydrogen-bond acceptors (Lipinski definition) is 7. The summed E-state index contributed by atoms with van der Waals surface area (Å²) in [5, 5.41) is 12.5. The van der Waals surface area contributed by atoms with Crippen LogP contribution in [-0.4, -0.2) is 72.4 Å². The van der Waals surface area contributed by atoms with Crippen LogP contribution in [0.2, 0.25) is 0 Å². The molecular weight excluding hydrogens is 430 g/mol. The lowest BCUT2D eigenvalue weighted by Crippen LogP contribution is -2.41. The third-order valence-corrected chi connectivity index (χ3v) is 4.95. The Kier molecular flexibility index (Phi) is 10.5. The number of nitrogens with one attached hydrogen (secondary N) is 1. The van der Waals surface area contributed by atoms with E-state index in [1.165, 1.54) is 6.21 Å². The minimum Gasteiger partial charge on any atom is -0.480 e. The van der Waals surface area contributed by atoms with Crippen molar-refractivity contribution in [2.24, 2.45) is 11.0 Å². The molecule has 1 aliphatic heterocycles. The molecule has 0 spiro atoms. The largest absolute Gasteiger partial charge is 0.480 e. The van der Waals surface area contributed by atoms with Gasteiger partial charge in [0.15, 0.2) is 5.78 Å². The molecule has 0 atom stereocenters. The summed E-state index contributed by atoms with van der Waals surface area (Å²) in [7, 11) is 0. The highest BCUT2D eigenvalue weighted by molar-refractivity contribution is 5.98. The number of aliphatic carboxylic acids is 1. The molecule has 0 saturated carbocycles. The van der Waals surface area contributed by atoms with Crippen molar-refractivity contribution in [3.05, 3.63) is 35.4 Å². The molecule has 0 aromatic heterocycles. The number of carbonyl (C=O) groups is 4. The van der Waals surface area contributed by atoms with Gasteiger partial charge in [0.05, 0.1) is 18.9 Å². The van der Waals surface area contributed by atoms with E-state index in [-0.39, 0.29) is 43.2 Å². The van der Waals surface area contributed by atoms with E-state index in [0.717, 1.165) is 0 Å². The Morgan fingerprint density at radius 3 is 2.42 bits per heavy atom. The number of nitrogens with zero attached hydrogens (tertiary/aromatic N) is 2. The van der Waals surface area contributed by atoms with E-state index in [4.69, 9.17) is 14.6 Å². The Morgan fingerprint density at radius 1 is 1.15 bits per heavy atom. The smallest absolute Gasteiger partial charge is 0.427 e. The number of hydrazone groups is 1. The number of ether oxygens (including phenoxy) is 2. The summed E-state index contributed by atoms with van der Waals surface area (Å²) >= 11 is 0. The molecule has 1 fully saturated rings. The summed E-state index contributed by atoms with van der Waals surface area (Å²) in [6.07, 6.45) is 2.04. The Bertz CT molecular complexity index is 844. The van der Waals surface area contributed by atoms with Crippen LogP contribution in [0.5, 0.6) is 0 Å². The van der Waals surface area contributed by atoms with Crippen LogP contribution in [0.25, 0.3) is 0 Å². The van der Waals surface area contributed by atoms with E-state index in [9.17, 15) is 19.2 Å². The van der Waals surface area contributed by atoms with E-state index in [1.807, 2.05) is 13.8 Å². The molecular formula is C23H31N3O7. The summed E-state index contributed by atoms with van der Waals surface area (Å²) in [5.74, 6) is -1.01. The third kappa shape index (κ3) is 9.82. The average Bonchev–Trinajstić information content (AvgIpc) is 2.80. The van der Waals surface area contributed by atoms with Crippen molar-refractivity contribution in [1.29, 1.82) is 0 Å². The zero-order valence-corrected chi connectivity index (χ0v) is 19.0. The van der Waals surface area contributed by atoms with Gasteiger partial charge in [0, 0.05) is 31.5 Å². The molecule has 1 aromatic rings. The number of carboxylic acids is 1. The number of hydrogen-bond donors (Lipinski definition) is 2. The van der Waals surface area contributed by atoms with Gasteiger partial charge in [-0.25, -0.2) is 15.0 Å². The molecule has 0 aliphatic carbocycles. The van der Waals surface area contributed by atoms with Crippen LogP contribution in [0.3, 0.4) is 0 Å². The Balaban J connectivity index is 1.71. The summed E-state index contributed by atoms with van der Waals surface area (Å²) < 4.78 is 10.2. The second-order valence-corrected chi connectivity index (χ2v) is 8.19. The monoisotopic (exact) mass is 461 g/mol. The quantitative estimate of drug-likeness (QED) is 0.294. The number of ketones is 1. The molecule has 2 amide bonds. The highest BCUT2D eigenvalue weighted by Gasteiger charge is 2.24. The van der Waals surface area contributed by atoms with Gasteiger partial charge in [0.2, 0.25) is 5.91 Å². The normalized spacial score (nSPS) is 14.5. The number of amides is 2. The summed E-state index contributed by atoms with van der Waals surface area (Å²) in [6, 6.07) is 6.69. The number of Topliss-reactive ketones (excluding diaryl/α,β-unsaturated/α-hetero) is 1. The number of carboxylic acid groups (broad SMARTS) is 1. The van der Waals surface area contributed by atoms with Gasteiger partial charge in [-0.05, 0) is 24.3 Å². The standard InChI is InChI=1S/C23H31N3O7/c1-16(2)14-33-23(31)25-24-13-17-3-5-18(6-4-17)20(27)7-8-21(28)26-11-9-19(10-12-26)32-15-22(29)30/h3-6,13,16,19H,7-12,14-15H2,1-2H3,(H,25,31)(H,29,30). The fourth-order valence-corrected chi connectivity index (χ4v) is 3.17. The first-order valence-electron chi connectivity index (χ1n) is 10.9. The van der Waals surface area contributed by atoms with Gasteiger partial charge in [0.1, 0.15) is 6.61 Å². The van der Waals surface area contributed by atoms with Gasteiger partial charge in [-0.1, -0.05) is 38.1 Å². The number of rotatable bonds is 11. The van der Waals surface area contributed by atoms with Crippen LogP contribution >= 0.6 is 0 Å². The zero-order chi connectivity index (χ0) is 24.2. The predicted octanol–water partition coefficient (Wildman–Crippen LogP) is 2.46. The van der Waals surface area contributed by atoms with Crippen molar-refractivity contribution in [2.75, 3.05) is 26.3 Å². The van der Waals surface area contributed by atoms with E-state index in [1.54, 1.807) is 29.2 Å². The first-order valence-corrected chi connectivity index (χ1v) is 10.9. The molecule has 0 unspecified atom stereocenters. The number of carbonyl (C=O) groups excluding carboxylic acids is 3. The van der Waals surface area contributed by atoms with Crippen molar-refractivity contribution >= 4 is 30.0 Å². The topological polar surface area (TPSA) is 135 Å². The van der Waals surface area contributed by atoms with Crippen molar-refractivity contribution < 1.29 is 33.8 Å². The molecule has 1 aliphatic rings. The summed E-state index contributed by atoms with van der Waals surface area (Å²) in [6.45, 7) is 4.81. The highest BCUT2D eigenvalue weighted by atomic mass is 16.6. The maximum absolute atomic E-state index is 12.4. The minimum atomic E-state index is -1.01. The van der Waals surface area contributed by atoms with Gasteiger partial charge in [-0.15, -0.1) is 0 Å². The van der Waals surface area contributed by atoms with E-state index < -0.39 is 12.1 Å².